The van der Waals surface area contributed by atoms with Crippen molar-refractivity contribution in [3.63, 3.8) is 0 Å². The minimum Gasteiger partial charge on any atom is -0.253 e. The molecule has 1 heterocycles. The Labute approximate surface area is 119 Å². The van der Waals surface area contributed by atoms with Crippen LogP contribution in [-0.2, 0) is 0 Å². The van der Waals surface area contributed by atoms with Crippen LogP contribution in [-0.4, -0.2) is 11.2 Å². The van der Waals surface area contributed by atoms with E-state index in [0.29, 0.717) is 0 Å². The number of nitrogens with one attached hydrogen (secondary N) is 1. The average Bonchev–Trinajstić information content (AvgIpc) is 2.75. The molecular weight excluding hydrogens is 310 g/mol. The molecule has 18 heavy (non-hydrogen) atoms. The summed E-state index contributed by atoms with van der Waals surface area (Å²) in [5, 5.41) is 7.02. The fourth-order valence-electron chi connectivity index (χ4n) is 1.51. The van der Waals surface area contributed by atoms with Crippen molar-refractivity contribution in [2.75, 3.05) is 5.43 Å². The van der Waals surface area contributed by atoms with Gasteiger partial charge in [0.1, 0.15) is 0 Å². The van der Waals surface area contributed by atoms with Crippen LogP contribution in [0.15, 0.2) is 27.1 Å². The topological polar surface area (TPSA) is 37.3 Å². The molecule has 1 aromatic carbocycles. The molecule has 0 fully saturated rings. The number of anilines is 1. The molecule has 0 aliphatic rings. The number of nitrogens with zero attached hydrogens (tertiary/aromatic N) is 2. The Bertz CT molecular complexity index is 590. The summed E-state index contributed by atoms with van der Waals surface area (Å²) in [4.78, 5) is 4.28. The highest BCUT2D eigenvalue weighted by Crippen LogP contribution is 2.21. The zero-order valence-electron chi connectivity index (χ0n) is 10.5. The monoisotopic (exact) mass is 323 g/mol. The second-order valence-corrected chi connectivity index (χ2v) is 5.76. The largest absolute Gasteiger partial charge is 0.253 e. The third-order valence-corrected chi connectivity index (χ3v) is 4.47. The smallest absolute Gasteiger partial charge is 0.203 e. The summed E-state index contributed by atoms with van der Waals surface area (Å²) in [6.45, 7) is 6.15. The summed E-state index contributed by atoms with van der Waals surface area (Å²) < 4.78 is 1.13. The van der Waals surface area contributed by atoms with Gasteiger partial charge in [0.2, 0.25) is 5.13 Å². The van der Waals surface area contributed by atoms with Crippen LogP contribution in [0.25, 0.3) is 0 Å². The predicted octanol–water partition coefficient (Wildman–Crippen LogP) is 4.28. The molecular formula is C13H14BrN3S. The van der Waals surface area contributed by atoms with Gasteiger partial charge in [0, 0.05) is 9.85 Å². The lowest BCUT2D eigenvalue weighted by atomic mass is 10.0. The molecule has 0 aliphatic carbocycles. The zero-order valence-corrected chi connectivity index (χ0v) is 12.9. The van der Waals surface area contributed by atoms with E-state index < -0.39 is 0 Å². The van der Waals surface area contributed by atoms with Crippen molar-refractivity contribution in [3.8, 4) is 0 Å². The molecule has 0 unspecified atom stereocenters. The Morgan fingerprint density at radius 3 is 2.72 bits per heavy atom. The van der Waals surface area contributed by atoms with Crippen LogP contribution in [0.5, 0.6) is 0 Å². The summed E-state index contributed by atoms with van der Waals surface area (Å²) in [6, 6.07) is 4.09. The fraction of sp³-hybridized carbons (Fsp3) is 0.231. The quantitative estimate of drug-likeness (QED) is 0.676. The van der Waals surface area contributed by atoms with Gasteiger partial charge in [-0.3, -0.25) is 5.43 Å². The lowest BCUT2D eigenvalue weighted by Crippen LogP contribution is -1.94. The van der Waals surface area contributed by atoms with Crippen molar-refractivity contribution in [3.05, 3.63) is 44.4 Å². The maximum Gasteiger partial charge on any atom is 0.203 e. The molecule has 2 aromatic rings. The number of hydrogen-bond donors (Lipinski definition) is 1. The molecule has 0 atom stereocenters. The molecule has 0 radical (unpaired) electrons. The number of thiazole rings is 1. The second kappa shape index (κ2) is 5.63. The van der Waals surface area contributed by atoms with Crippen LogP contribution < -0.4 is 5.43 Å². The number of hydrazone groups is 1. The van der Waals surface area contributed by atoms with Gasteiger partial charge in [-0.25, -0.2) is 4.98 Å². The van der Waals surface area contributed by atoms with Crippen LogP contribution >= 0.6 is 27.3 Å². The summed E-state index contributed by atoms with van der Waals surface area (Å²) in [5.41, 5.74) is 7.52. The van der Waals surface area contributed by atoms with E-state index in [0.717, 1.165) is 20.9 Å². The van der Waals surface area contributed by atoms with Crippen LogP contribution in [0.3, 0.4) is 0 Å². The Kier molecular flexibility index (Phi) is 4.14. The molecule has 0 amide bonds. The first kappa shape index (κ1) is 13.2. The van der Waals surface area contributed by atoms with Gasteiger partial charge in [0.05, 0.1) is 11.9 Å². The predicted molar refractivity (Wildman–Crippen MR) is 81.7 cm³/mol. The molecule has 1 N–H and O–H groups in total. The minimum atomic E-state index is 0.815. The molecule has 0 saturated heterocycles. The van der Waals surface area contributed by atoms with Gasteiger partial charge in [0.25, 0.3) is 0 Å². The van der Waals surface area contributed by atoms with E-state index in [4.69, 9.17) is 0 Å². The van der Waals surface area contributed by atoms with E-state index in [9.17, 15) is 0 Å². The highest BCUT2D eigenvalue weighted by atomic mass is 79.9. The molecule has 3 nitrogen and oxygen atoms in total. The van der Waals surface area contributed by atoms with Crippen molar-refractivity contribution in [2.45, 2.75) is 20.8 Å². The Morgan fingerprint density at radius 1 is 1.28 bits per heavy atom. The summed E-state index contributed by atoms with van der Waals surface area (Å²) in [7, 11) is 0. The first-order valence-electron chi connectivity index (χ1n) is 5.55. The van der Waals surface area contributed by atoms with Crippen molar-refractivity contribution < 1.29 is 0 Å². The SMILES string of the molecule is Cc1csc(NN=Cc2ccc(Br)c(C)c2C)n1. The highest BCUT2D eigenvalue weighted by Gasteiger charge is 2.02. The van der Waals surface area contributed by atoms with Gasteiger partial charge in [-0.2, -0.15) is 5.10 Å². The van der Waals surface area contributed by atoms with E-state index in [2.05, 4.69) is 45.3 Å². The van der Waals surface area contributed by atoms with Gasteiger partial charge in [-0.05, 0) is 43.5 Å². The lowest BCUT2D eigenvalue weighted by molar-refractivity contribution is 1.22. The number of benzene rings is 1. The van der Waals surface area contributed by atoms with Gasteiger partial charge in [0.15, 0.2) is 0 Å². The number of rotatable bonds is 3. The zero-order chi connectivity index (χ0) is 13.1. The first-order chi connectivity index (χ1) is 8.58. The summed E-state index contributed by atoms with van der Waals surface area (Å²) in [6.07, 6.45) is 1.82. The Balaban J connectivity index is 2.12. The third-order valence-electron chi connectivity index (χ3n) is 2.75. The molecule has 0 spiro atoms. The number of aryl methyl sites for hydroxylation is 1. The number of aromatic nitrogens is 1. The number of halogens is 1. The lowest BCUT2D eigenvalue weighted by Gasteiger charge is -2.06. The van der Waals surface area contributed by atoms with Crippen LogP contribution in [0.2, 0.25) is 0 Å². The molecule has 0 saturated carbocycles. The van der Waals surface area contributed by atoms with Gasteiger partial charge in [-0.15, -0.1) is 11.3 Å². The fourth-order valence-corrected chi connectivity index (χ4v) is 2.58. The van der Waals surface area contributed by atoms with E-state index in [1.54, 1.807) is 11.3 Å². The highest BCUT2D eigenvalue weighted by molar-refractivity contribution is 9.10. The molecule has 1 aromatic heterocycles. The van der Waals surface area contributed by atoms with Crippen molar-refractivity contribution >= 4 is 38.6 Å². The maximum atomic E-state index is 4.28. The van der Waals surface area contributed by atoms with E-state index in [1.807, 2.05) is 30.7 Å². The summed E-state index contributed by atoms with van der Waals surface area (Å²) >= 11 is 5.07. The Morgan fingerprint density at radius 2 is 2.06 bits per heavy atom. The second-order valence-electron chi connectivity index (χ2n) is 4.05. The first-order valence-corrected chi connectivity index (χ1v) is 7.22. The van der Waals surface area contributed by atoms with Crippen molar-refractivity contribution in [2.24, 2.45) is 5.10 Å². The van der Waals surface area contributed by atoms with E-state index >= 15 is 0 Å². The van der Waals surface area contributed by atoms with Crippen LogP contribution in [0, 0.1) is 20.8 Å². The van der Waals surface area contributed by atoms with Crippen LogP contribution in [0.4, 0.5) is 5.13 Å². The molecule has 94 valence electrons. The van der Waals surface area contributed by atoms with Crippen LogP contribution in [0.1, 0.15) is 22.4 Å². The summed E-state index contributed by atoms with van der Waals surface area (Å²) in [5.74, 6) is 0. The van der Waals surface area contributed by atoms with Gasteiger partial charge < -0.3 is 0 Å². The van der Waals surface area contributed by atoms with Gasteiger partial charge >= 0.3 is 0 Å². The van der Waals surface area contributed by atoms with Crippen molar-refractivity contribution in [1.82, 2.24) is 4.98 Å². The minimum absolute atomic E-state index is 0.815. The maximum absolute atomic E-state index is 4.28. The molecule has 5 heteroatoms. The van der Waals surface area contributed by atoms with Gasteiger partial charge in [-0.1, -0.05) is 22.0 Å². The Hall–Kier alpha value is -1.20. The van der Waals surface area contributed by atoms with Crippen molar-refractivity contribution in [1.29, 1.82) is 0 Å². The molecule has 0 bridgehead atoms. The molecule has 2 rings (SSSR count). The molecule has 0 aliphatic heterocycles. The third kappa shape index (κ3) is 2.97. The average molecular weight is 324 g/mol. The van der Waals surface area contributed by atoms with E-state index in [-0.39, 0.29) is 0 Å². The number of hydrogen-bond acceptors (Lipinski definition) is 4. The van der Waals surface area contributed by atoms with E-state index in [1.165, 1.54) is 11.1 Å². The standard InChI is InChI=1S/C13H14BrN3S/c1-8-7-18-13(16-8)17-15-6-11-4-5-12(14)10(3)9(11)2/h4-7H,1-3H3,(H,16,17). The normalized spacial score (nSPS) is 11.1.